The van der Waals surface area contributed by atoms with Crippen LogP contribution < -0.4 is 14.8 Å². The number of hydrogen-bond donors (Lipinski definition) is 2. The van der Waals surface area contributed by atoms with Crippen LogP contribution in [0.1, 0.15) is 36.9 Å². The maximum absolute atomic E-state index is 12.5. The fourth-order valence-electron chi connectivity index (χ4n) is 2.62. The van der Waals surface area contributed by atoms with Crippen molar-refractivity contribution < 1.29 is 17.9 Å². The van der Waals surface area contributed by atoms with Gasteiger partial charge in [0.1, 0.15) is 5.75 Å². The zero-order valence-corrected chi connectivity index (χ0v) is 16.2. The smallest absolute Gasteiger partial charge is 0.265 e. The Kier molecular flexibility index (Phi) is 5.59. The van der Waals surface area contributed by atoms with E-state index >= 15 is 0 Å². The second kappa shape index (κ2) is 7.73. The topological polar surface area (TPSA) is 97.4 Å². The van der Waals surface area contributed by atoms with Crippen molar-refractivity contribution in [3.05, 3.63) is 34.3 Å². The average molecular weight is 396 g/mol. The molecule has 9 heteroatoms. The molecule has 0 saturated carbocycles. The molecule has 1 aromatic heterocycles. The van der Waals surface area contributed by atoms with Crippen molar-refractivity contribution >= 4 is 33.0 Å². The van der Waals surface area contributed by atoms with Gasteiger partial charge in [0.2, 0.25) is 10.0 Å². The molecule has 7 nitrogen and oxygen atoms in total. The molecule has 0 bridgehead atoms. The molecule has 0 radical (unpaired) electrons. The molecule has 0 saturated heterocycles. The van der Waals surface area contributed by atoms with Gasteiger partial charge in [0.15, 0.2) is 6.10 Å². The van der Waals surface area contributed by atoms with E-state index in [0.29, 0.717) is 23.6 Å². The number of aromatic nitrogens is 1. The average Bonchev–Trinajstić information content (AvgIpc) is 3.03. The first kappa shape index (κ1) is 18.8. The Hall–Kier alpha value is -1.97. The predicted octanol–water partition coefficient (Wildman–Crippen LogP) is 2.82. The Morgan fingerprint density at radius 1 is 1.38 bits per heavy atom. The number of carbonyl (C=O) groups excluding carboxylic acids is 1. The van der Waals surface area contributed by atoms with Crippen LogP contribution in [0.4, 0.5) is 5.69 Å². The molecule has 2 N–H and O–H groups in total. The molecule has 1 atom stereocenters. The summed E-state index contributed by atoms with van der Waals surface area (Å²) in [5.74, 6) is 0.242. The van der Waals surface area contributed by atoms with Crippen LogP contribution in [-0.2, 0) is 21.4 Å². The first-order valence-electron chi connectivity index (χ1n) is 8.41. The lowest BCUT2D eigenvalue weighted by Gasteiger charge is -2.26. The first-order chi connectivity index (χ1) is 12.4. The van der Waals surface area contributed by atoms with Crippen LogP contribution in [0.2, 0.25) is 0 Å². The number of nitrogens with one attached hydrogen (secondary N) is 2. The highest BCUT2D eigenvalue weighted by Crippen LogP contribution is 2.33. The van der Waals surface area contributed by atoms with Crippen LogP contribution in [-0.4, -0.2) is 25.4 Å². The minimum Gasteiger partial charge on any atom is -0.478 e. The third-order valence-corrected chi connectivity index (χ3v) is 6.23. The highest BCUT2D eigenvalue weighted by atomic mass is 32.2. The summed E-state index contributed by atoms with van der Waals surface area (Å²) in [6.07, 6.45) is 1.97. The lowest BCUT2D eigenvalue weighted by Crippen LogP contribution is -2.37. The number of hydrogen-bond acceptors (Lipinski definition) is 6. The molecule has 2 heterocycles. The molecule has 3 rings (SSSR count). The van der Waals surface area contributed by atoms with E-state index in [-0.39, 0.29) is 17.3 Å². The van der Waals surface area contributed by atoms with E-state index in [1.165, 1.54) is 23.5 Å². The number of thiazole rings is 1. The van der Waals surface area contributed by atoms with Gasteiger partial charge in [-0.25, -0.2) is 18.1 Å². The summed E-state index contributed by atoms with van der Waals surface area (Å²) < 4.78 is 33.2. The number of fused-ring (bicyclic) bond motifs is 1. The lowest BCUT2D eigenvalue weighted by atomic mass is 10.1. The second-order valence-corrected chi connectivity index (χ2v) is 8.91. The number of aryl methyl sites for hydroxylation is 1. The number of benzene rings is 1. The summed E-state index contributed by atoms with van der Waals surface area (Å²) in [6, 6.07) is 4.47. The number of nitrogens with zero attached hydrogens (tertiary/aromatic N) is 1. The van der Waals surface area contributed by atoms with E-state index in [1.54, 1.807) is 6.07 Å². The largest absolute Gasteiger partial charge is 0.478 e. The number of sulfonamides is 1. The van der Waals surface area contributed by atoms with Crippen molar-refractivity contribution in [3.63, 3.8) is 0 Å². The maximum Gasteiger partial charge on any atom is 0.265 e. The normalized spacial score (nSPS) is 16.7. The number of ether oxygens (including phenoxy) is 1. The number of rotatable bonds is 7. The summed E-state index contributed by atoms with van der Waals surface area (Å²) in [6.45, 7) is 4.03. The molecule has 0 fully saturated rings. The zero-order valence-electron chi connectivity index (χ0n) is 14.6. The molecule has 1 aliphatic heterocycles. The van der Waals surface area contributed by atoms with Gasteiger partial charge < -0.3 is 10.1 Å². The van der Waals surface area contributed by atoms with Crippen molar-refractivity contribution in [1.82, 2.24) is 9.71 Å². The molecule has 0 unspecified atom stereocenters. The fourth-order valence-corrected chi connectivity index (χ4v) is 4.26. The van der Waals surface area contributed by atoms with Crippen LogP contribution in [0.25, 0.3) is 0 Å². The monoisotopic (exact) mass is 395 g/mol. The Bertz CT molecular complexity index is 908. The standard InChI is InChI=1S/C17H21N3O4S2/c1-3-4-5-16-17(21)20-14-8-13(6-7-15(14)24-16)26(22,23)18-9-12-10-25-11(2)19-12/h6-8,10,16,18H,3-5,9H2,1-2H3,(H,20,21)/t16-/m1/s1. The van der Waals surface area contributed by atoms with Crippen LogP contribution in [0, 0.1) is 6.92 Å². The maximum atomic E-state index is 12.5. The number of amides is 1. The third-order valence-electron chi connectivity index (χ3n) is 4.01. The highest BCUT2D eigenvalue weighted by Gasteiger charge is 2.28. The van der Waals surface area contributed by atoms with Gasteiger partial charge in [0, 0.05) is 5.38 Å². The highest BCUT2D eigenvalue weighted by molar-refractivity contribution is 7.89. The Morgan fingerprint density at radius 2 is 2.19 bits per heavy atom. The quantitative estimate of drug-likeness (QED) is 0.751. The van der Waals surface area contributed by atoms with Crippen LogP contribution in [0.3, 0.4) is 0 Å². The zero-order chi connectivity index (χ0) is 18.7. The Labute approximate surface area is 156 Å². The van der Waals surface area contributed by atoms with Gasteiger partial charge in [-0.05, 0) is 38.0 Å². The van der Waals surface area contributed by atoms with Crippen molar-refractivity contribution in [1.29, 1.82) is 0 Å². The molecule has 140 valence electrons. The summed E-state index contributed by atoms with van der Waals surface area (Å²) in [5, 5.41) is 5.44. The molecule has 1 amide bonds. The van der Waals surface area contributed by atoms with E-state index < -0.39 is 16.1 Å². The number of unbranched alkanes of at least 4 members (excludes halogenated alkanes) is 1. The van der Waals surface area contributed by atoms with Gasteiger partial charge in [-0.2, -0.15) is 0 Å². The summed E-state index contributed by atoms with van der Waals surface area (Å²) in [7, 11) is -3.72. The molecule has 1 aliphatic rings. The number of anilines is 1. The van der Waals surface area contributed by atoms with Gasteiger partial charge in [-0.15, -0.1) is 11.3 Å². The SMILES string of the molecule is CCCC[C@H]1Oc2ccc(S(=O)(=O)NCc3csc(C)n3)cc2NC1=O. The van der Waals surface area contributed by atoms with Crippen molar-refractivity contribution in [3.8, 4) is 5.75 Å². The minimum atomic E-state index is -3.72. The predicted molar refractivity (Wildman–Crippen MR) is 99.9 cm³/mol. The van der Waals surface area contributed by atoms with E-state index in [0.717, 1.165) is 17.8 Å². The van der Waals surface area contributed by atoms with E-state index in [2.05, 4.69) is 15.0 Å². The Balaban J connectivity index is 1.74. The Morgan fingerprint density at radius 3 is 2.88 bits per heavy atom. The minimum absolute atomic E-state index is 0.0686. The van der Waals surface area contributed by atoms with E-state index in [4.69, 9.17) is 4.74 Å². The van der Waals surface area contributed by atoms with Gasteiger partial charge in [0.05, 0.1) is 27.8 Å². The molecule has 2 aromatic rings. The van der Waals surface area contributed by atoms with Crippen LogP contribution in [0.5, 0.6) is 5.75 Å². The van der Waals surface area contributed by atoms with Crippen molar-refractivity contribution in [2.24, 2.45) is 0 Å². The van der Waals surface area contributed by atoms with Gasteiger partial charge >= 0.3 is 0 Å². The van der Waals surface area contributed by atoms with Crippen molar-refractivity contribution in [2.75, 3.05) is 5.32 Å². The first-order valence-corrected chi connectivity index (χ1v) is 10.8. The summed E-state index contributed by atoms with van der Waals surface area (Å²) >= 11 is 1.47. The molecule has 0 aliphatic carbocycles. The molecular formula is C17H21N3O4S2. The third kappa shape index (κ3) is 4.22. The number of carbonyl (C=O) groups is 1. The van der Waals surface area contributed by atoms with Gasteiger partial charge in [0.25, 0.3) is 5.91 Å². The fraction of sp³-hybridized carbons (Fsp3) is 0.412. The lowest BCUT2D eigenvalue weighted by molar-refractivity contribution is -0.123. The molecule has 26 heavy (non-hydrogen) atoms. The van der Waals surface area contributed by atoms with Crippen LogP contribution >= 0.6 is 11.3 Å². The molecule has 0 spiro atoms. The summed E-state index contributed by atoms with van der Waals surface area (Å²) in [4.78, 5) is 16.4. The van der Waals surface area contributed by atoms with Gasteiger partial charge in [-0.1, -0.05) is 13.3 Å². The van der Waals surface area contributed by atoms with E-state index in [1.807, 2.05) is 19.2 Å². The summed E-state index contributed by atoms with van der Waals surface area (Å²) in [5.41, 5.74) is 1.04. The van der Waals surface area contributed by atoms with Crippen LogP contribution in [0.15, 0.2) is 28.5 Å². The van der Waals surface area contributed by atoms with Crippen molar-refractivity contribution in [2.45, 2.75) is 50.7 Å². The molecular weight excluding hydrogens is 374 g/mol. The van der Waals surface area contributed by atoms with Gasteiger partial charge in [-0.3, -0.25) is 4.79 Å². The molecule has 1 aromatic carbocycles. The second-order valence-electron chi connectivity index (χ2n) is 6.08. The van der Waals surface area contributed by atoms with E-state index in [9.17, 15) is 13.2 Å².